The van der Waals surface area contributed by atoms with Crippen molar-refractivity contribution < 1.29 is 24.3 Å². The van der Waals surface area contributed by atoms with E-state index < -0.39 is 42.0 Å². The van der Waals surface area contributed by atoms with E-state index in [0.29, 0.717) is 25.1 Å². The summed E-state index contributed by atoms with van der Waals surface area (Å²) < 4.78 is 0. The van der Waals surface area contributed by atoms with Crippen LogP contribution in [-0.4, -0.2) is 74.4 Å². The zero-order valence-electron chi connectivity index (χ0n) is 19.0. The summed E-state index contributed by atoms with van der Waals surface area (Å²) in [6.45, 7) is 7.60. The lowest BCUT2D eigenvalue weighted by Crippen LogP contribution is -2.58. The predicted molar refractivity (Wildman–Crippen MR) is 116 cm³/mol. The van der Waals surface area contributed by atoms with E-state index in [1.165, 1.54) is 17.4 Å². The summed E-state index contributed by atoms with van der Waals surface area (Å²) in [4.78, 5) is 58.4. The maximum atomic E-state index is 13.3. The summed E-state index contributed by atoms with van der Waals surface area (Å²) in [6.07, 6.45) is 3.98. The molecular formula is C21H34N6O5. The number of imidazole rings is 1. The van der Waals surface area contributed by atoms with Crippen molar-refractivity contribution in [2.75, 3.05) is 6.54 Å². The third kappa shape index (κ3) is 6.28. The van der Waals surface area contributed by atoms with Crippen LogP contribution < -0.4 is 16.4 Å². The van der Waals surface area contributed by atoms with E-state index in [1.54, 1.807) is 13.8 Å². The van der Waals surface area contributed by atoms with Crippen LogP contribution in [0.1, 0.15) is 46.2 Å². The van der Waals surface area contributed by atoms with Gasteiger partial charge in [-0.2, -0.15) is 0 Å². The minimum absolute atomic E-state index is 0.0412. The highest BCUT2D eigenvalue weighted by Crippen LogP contribution is 2.21. The Morgan fingerprint density at radius 2 is 1.91 bits per heavy atom. The number of carboxylic acids is 1. The summed E-state index contributed by atoms with van der Waals surface area (Å²) in [5.74, 6) is -2.82. The summed E-state index contributed by atoms with van der Waals surface area (Å²) in [7, 11) is 0. The Labute approximate surface area is 187 Å². The minimum atomic E-state index is -1.18. The lowest BCUT2D eigenvalue weighted by atomic mass is 9.99. The van der Waals surface area contributed by atoms with Gasteiger partial charge in [-0.25, -0.2) is 9.78 Å². The number of likely N-dealkylation sites (tertiary alicyclic amines) is 1. The monoisotopic (exact) mass is 450 g/mol. The number of aromatic amines is 1. The van der Waals surface area contributed by atoms with Gasteiger partial charge in [-0.3, -0.25) is 14.4 Å². The van der Waals surface area contributed by atoms with E-state index in [4.69, 9.17) is 5.73 Å². The van der Waals surface area contributed by atoms with Crippen molar-refractivity contribution in [3.05, 3.63) is 18.2 Å². The quantitative estimate of drug-likeness (QED) is 0.324. The number of rotatable bonds is 10. The van der Waals surface area contributed by atoms with E-state index in [9.17, 15) is 24.3 Å². The first-order valence-electron chi connectivity index (χ1n) is 10.9. The standard InChI is InChI=1S/C21H34N6O5/c1-11(2)16(22)19(29)26-17(12(3)4)20(30)27-7-5-6-15(27)18(28)25-14(21(31)32)8-13-9-23-10-24-13/h9-12,14-17H,5-8,22H2,1-4H3,(H,23,24)(H,25,28)(H,26,29)(H,31,32). The fraction of sp³-hybridized carbons (Fsp3) is 0.667. The van der Waals surface area contributed by atoms with Gasteiger partial charge >= 0.3 is 5.97 Å². The maximum absolute atomic E-state index is 13.3. The third-order valence-corrected chi connectivity index (χ3v) is 5.68. The second-order valence-corrected chi connectivity index (χ2v) is 8.87. The molecule has 1 fully saturated rings. The van der Waals surface area contributed by atoms with Crippen molar-refractivity contribution in [3.63, 3.8) is 0 Å². The molecule has 11 heteroatoms. The molecule has 0 saturated carbocycles. The van der Waals surface area contributed by atoms with Crippen LogP contribution in [0.2, 0.25) is 0 Å². The molecule has 0 aromatic carbocycles. The Kier molecular flexibility index (Phi) is 8.76. The molecule has 11 nitrogen and oxygen atoms in total. The molecule has 0 aliphatic carbocycles. The summed E-state index contributed by atoms with van der Waals surface area (Å²) in [5, 5.41) is 14.8. The molecule has 1 saturated heterocycles. The summed E-state index contributed by atoms with van der Waals surface area (Å²) >= 11 is 0. The van der Waals surface area contributed by atoms with Crippen LogP contribution in [0.25, 0.3) is 0 Å². The molecule has 32 heavy (non-hydrogen) atoms. The first-order chi connectivity index (χ1) is 15.0. The predicted octanol–water partition coefficient (Wildman–Crippen LogP) is -0.363. The number of aliphatic carboxylic acids is 1. The first kappa shape index (κ1) is 25.3. The lowest BCUT2D eigenvalue weighted by molar-refractivity contribution is -0.145. The average molecular weight is 451 g/mol. The zero-order valence-corrected chi connectivity index (χ0v) is 19.0. The Morgan fingerprint density at radius 1 is 1.22 bits per heavy atom. The number of carboxylic acid groups (broad SMARTS) is 1. The lowest BCUT2D eigenvalue weighted by Gasteiger charge is -2.31. The number of hydrogen-bond acceptors (Lipinski definition) is 6. The van der Waals surface area contributed by atoms with Gasteiger partial charge in [-0.05, 0) is 24.7 Å². The van der Waals surface area contributed by atoms with E-state index in [-0.39, 0.29) is 24.2 Å². The topological polar surface area (TPSA) is 171 Å². The van der Waals surface area contributed by atoms with Gasteiger partial charge in [-0.1, -0.05) is 27.7 Å². The summed E-state index contributed by atoms with van der Waals surface area (Å²) in [5.41, 5.74) is 6.48. The van der Waals surface area contributed by atoms with Crippen LogP contribution in [0, 0.1) is 11.8 Å². The van der Waals surface area contributed by atoms with Gasteiger partial charge in [0.25, 0.3) is 0 Å². The third-order valence-electron chi connectivity index (χ3n) is 5.68. The molecule has 1 aromatic heterocycles. The van der Waals surface area contributed by atoms with Crippen LogP contribution in [0.5, 0.6) is 0 Å². The van der Waals surface area contributed by atoms with Crippen molar-refractivity contribution in [2.45, 2.75) is 71.1 Å². The van der Waals surface area contributed by atoms with Crippen molar-refractivity contribution in [3.8, 4) is 0 Å². The fourth-order valence-corrected chi connectivity index (χ4v) is 3.63. The Bertz CT molecular complexity index is 810. The first-order valence-corrected chi connectivity index (χ1v) is 10.9. The second kappa shape index (κ2) is 11.1. The largest absolute Gasteiger partial charge is 0.480 e. The number of nitrogens with one attached hydrogen (secondary N) is 3. The van der Waals surface area contributed by atoms with Gasteiger partial charge in [0.15, 0.2) is 0 Å². The normalized spacial score (nSPS) is 19.0. The van der Waals surface area contributed by atoms with Crippen molar-refractivity contribution >= 4 is 23.7 Å². The molecule has 2 heterocycles. The smallest absolute Gasteiger partial charge is 0.326 e. The van der Waals surface area contributed by atoms with Crippen LogP contribution in [-0.2, 0) is 25.6 Å². The SMILES string of the molecule is CC(C)C(N)C(=O)NC(C(=O)N1CCCC1C(=O)NC(Cc1cnc[nH]1)C(=O)O)C(C)C. The van der Waals surface area contributed by atoms with Crippen LogP contribution in [0.3, 0.4) is 0 Å². The van der Waals surface area contributed by atoms with Crippen LogP contribution in [0.4, 0.5) is 0 Å². The molecule has 1 aliphatic heterocycles. The van der Waals surface area contributed by atoms with Gasteiger partial charge in [0, 0.05) is 24.9 Å². The van der Waals surface area contributed by atoms with Gasteiger partial charge < -0.3 is 31.4 Å². The van der Waals surface area contributed by atoms with E-state index in [0.717, 1.165) is 0 Å². The van der Waals surface area contributed by atoms with Crippen molar-refractivity contribution in [2.24, 2.45) is 17.6 Å². The molecule has 1 aromatic rings. The number of aromatic nitrogens is 2. The van der Waals surface area contributed by atoms with Gasteiger partial charge in [0.1, 0.15) is 18.1 Å². The van der Waals surface area contributed by atoms with Gasteiger partial charge in [0.2, 0.25) is 17.7 Å². The molecule has 0 bridgehead atoms. The Morgan fingerprint density at radius 3 is 2.44 bits per heavy atom. The van der Waals surface area contributed by atoms with Gasteiger partial charge in [-0.15, -0.1) is 0 Å². The molecule has 6 N–H and O–H groups in total. The molecular weight excluding hydrogens is 416 g/mol. The number of nitrogens with two attached hydrogens (primary N) is 1. The molecule has 1 aliphatic rings. The highest BCUT2D eigenvalue weighted by atomic mass is 16.4. The molecule has 3 amide bonds. The molecule has 178 valence electrons. The van der Waals surface area contributed by atoms with Crippen molar-refractivity contribution in [1.82, 2.24) is 25.5 Å². The molecule has 0 spiro atoms. The number of hydrogen-bond donors (Lipinski definition) is 5. The minimum Gasteiger partial charge on any atom is -0.480 e. The number of carbonyl (C=O) groups excluding carboxylic acids is 3. The molecule has 2 rings (SSSR count). The summed E-state index contributed by atoms with van der Waals surface area (Å²) in [6, 6.07) is -3.55. The number of nitrogens with zero attached hydrogens (tertiary/aromatic N) is 2. The fourth-order valence-electron chi connectivity index (χ4n) is 3.63. The Hall–Kier alpha value is -2.95. The number of H-pyrrole nitrogens is 1. The zero-order chi connectivity index (χ0) is 24.0. The van der Waals surface area contributed by atoms with Crippen molar-refractivity contribution in [1.29, 1.82) is 0 Å². The molecule has 4 atom stereocenters. The van der Waals surface area contributed by atoms with Crippen LogP contribution in [0.15, 0.2) is 12.5 Å². The van der Waals surface area contributed by atoms with E-state index in [1.807, 2.05) is 13.8 Å². The maximum Gasteiger partial charge on any atom is 0.326 e. The van der Waals surface area contributed by atoms with E-state index in [2.05, 4.69) is 20.6 Å². The number of carbonyl (C=O) groups is 4. The highest BCUT2D eigenvalue weighted by Gasteiger charge is 2.40. The second-order valence-electron chi connectivity index (χ2n) is 8.87. The Balaban J connectivity index is 2.10. The molecule has 4 unspecified atom stereocenters. The highest BCUT2D eigenvalue weighted by molar-refractivity contribution is 5.94. The van der Waals surface area contributed by atoms with Crippen LogP contribution >= 0.6 is 0 Å². The van der Waals surface area contributed by atoms with E-state index >= 15 is 0 Å². The van der Waals surface area contributed by atoms with Gasteiger partial charge in [0.05, 0.1) is 12.4 Å². The average Bonchev–Trinajstić information content (AvgIpc) is 3.41. The molecule has 0 radical (unpaired) electrons. The number of amides is 3.